The Hall–Kier alpha value is -5.73. The summed E-state index contributed by atoms with van der Waals surface area (Å²) >= 11 is 5.43. The smallest absolute Gasteiger partial charge is 0.413 e. The Morgan fingerprint density at radius 1 is 0.719 bits per heavy atom. The van der Waals surface area contributed by atoms with Gasteiger partial charge < -0.3 is 30.0 Å². The topological polar surface area (TPSA) is 181 Å². The van der Waals surface area contributed by atoms with Crippen LogP contribution in [-0.2, 0) is 46.2 Å². The maximum absolute atomic E-state index is 12.6. The molecular weight excluding hydrogens is 840 g/mol. The van der Waals surface area contributed by atoms with Gasteiger partial charge in [-0.25, -0.2) is 9.59 Å². The van der Waals surface area contributed by atoms with Crippen molar-refractivity contribution in [3.63, 3.8) is 0 Å². The normalized spacial score (nSPS) is 13.9. The van der Waals surface area contributed by atoms with E-state index in [1.165, 1.54) is 61.0 Å². The SMILES string of the molecule is C#CCN(C(=O)OCCl)[C@@H]1CCc2ccccc21.C#CCN(C(=O)OCOC(=O)CCCNC(=O)CCCCCCCCCCC)[C@@H]1CCc2ccccc21.O=CNCCCC(=O)O. The maximum atomic E-state index is 12.6. The summed E-state index contributed by atoms with van der Waals surface area (Å²) in [4.78, 5) is 70.9. The summed E-state index contributed by atoms with van der Waals surface area (Å²) in [5, 5.41) is 13.3. The summed E-state index contributed by atoms with van der Waals surface area (Å²) in [6.45, 7) is 2.97. The van der Waals surface area contributed by atoms with Gasteiger partial charge in [0.05, 0.1) is 25.2 Å². The molecule has 0 heterocycles. The van der Waals surface area contributed by atoms with Crippen molar-refractivity contribution in [2.45, 2.75) is 135 Å². The summed E-state index contributed by atoms with van der Waals surface area (Å²) in [5.41, 5.74) is 4.70. The Morgan fingerprint density at radius 3 is 1.75 bits per heavy atom. The molecule has 3 N–H and O–H groups in total. The van der Waals surface area contributed by atoms with Crippen molar-refractivity contribution in [3.8, 4) is 24.7 Å². The number of aliphatic carboxylic acids is 1. The number of carbonyl (C=O) groups is 6. The minimum Gasteiger partial charge on any atom is -0.481 e. The molecule has 0 aromatic heterocycles. The Balaban J connectivity index is 0.000000426. The van der Waals surface area contributed by atoms with Gasteiger partial charge in [-0.2, -0.15) is 0 Å². The molecule has 2 aromatic carbocycles. The molecule has 2 aliphatic rings. The summed E-state index contributed by atoms with van der Waals surface area (Å²) < 4.78 is 15.1. The second kappa shape index (κ2) is 33.8. The van der Waals surface area contributed by atoms with Gasteiger partial charge >= 0.3 is 24.1 Å². The van der Waals surface area contributed by atoms with E-state index in [4.69, 9.17) is 43.8 Å². The molecule has 0 saturated heterocycles. The predicted octanol–water partition coefficient (Wildman–Crippen LogP) is 8.60. The Bertz CT molecular complexity index is 1810. The molecule has 64 heavy (non-hydrogen) atoms. The van der Waals surface area contributed by atoms with E-state index < -0.39 is 30.9 Å². The monoisotopic (exact) mass is 906 g/mol. The van der Waals surface area contributed by atoms with Crippen molar-refractivity contribution in [1.29, 1.82) is 0 Å². The standard InChI is InChI=1S/C30H44N2O5.C14H14ClNO2.C5H9NO3/c1-3-5-6-7-8-9-10-11-12-18-28(33)31-22-15-19-29(34)36-24-37-30(35)32(23-4-2)27-21-20-25-16-13-14-17-26(25)27;1-2-9-16(14(17)18-10-15)13-8-7-11-5-3-4-6-12(11)13;7-4-6-3-1-2-5(8)9/h2,13-14,16-17,27H,3,5-12,15,18-24H2,1H3,(H,31,33);1,3-6,13H,7-10H2;4H,1-3H2,(H,6,7)(H,8,9)/t27-;13-;/m11./s1. The van der Waals surface area contributed by atoms with Gasteiger partial charge in [0.1, 0.15) is 0 Å². The van der Waals surface area contributed by atoms with Gasteiger partial charge in [0.2, 0.25) is 19.1 Å². The molecule has 0 saturated carbocycles. The van der Waals surface area contributed by atoms with E-state index in [9.17, 15) is 28.8 Å². The highest BCUT2D eigenvalue weighted by molar-refractivity contribution is 6.17. The number of esters is 1. The molecular formula is C49H67ClN4O10. The zero-order valence-electron chi connectivity index (χ0n) is 37.4. The number of unbranched alkanes of at least 4 members (excludes halogenated alkanes) is 8. The molecule has 0 spiro atoms. The lowest BCUT2D eigenvalue weighted by atomic mass is 10.1. The molecule has 0 radical (unpaired) electrons. The van der Waals surface area contributed by atoms with Crippen LogP contribution in [0.4, 0.5) is 9.59 Å². The summed E-state index contributed by atoms with van der Waals surface area (Å²) in [6, 6.07) is 15.8. The molecule has 15 heteroatoms. The van der Waals surface area contributed by atoms with Crippen molar-refractivity contribution in [2.24, 2.45) is 0 Å². The first-order chi connectivity index (χ1) is 31.1. The number of aryl methyl sites for hydroxylation is 2. The van der Waals surface area contributed by atoms with E-state index in [-0.39, 0.29) is 50.0 Å². The van der Waals surface area contributed by atoms with E-state index in [2.05, 4.69) is 41.5 Å². The molecule has 2 atom stereocenters. The number of alkyl halides is 1. The van der Waals surface area contributed by atoms with Crippen molar-refractivity contribution >= 4 is 48.0 Å². The number of ether oxygens (including phenoxy) is 3. The quantitative estimate of drug-likeness (QED) is 0.0207. The van der Waals surface area contributed by atoms with Crippen LogP contribution in [0.3, 0.4) is 0 Å². The number of carbonyl (C=O) groups excluding carboxylic acids is 5. The van der Waals surface area contributed by atoms with Crippen LogP contribution in [0.15, 0.2) is 48.5 Å². The van der Waals surface area contributed by atoms with E-state index in [0.717, 1.165) is 49.7 Å². The van der Waals surface area contributed by atoms with Crippen molar-refractivity contribution < 1.29 is 48.1 Å². The molecule has 0 bridgehead atoms. The van der Waals surface area contributed by atoms with Crippen LogP contribution in [0.1, 0.15) is 144 Å². The summed E-state index contributed by atoms with van der Waals surface area (Å²) in [5.74, 6) is 3.72. The highest BCUT2D eigenvalue weighted by atomic mass is 35.5. The third kappa shape index (κ3) is 21.6. The zero-order valence-corrected chi connectivity index (χ0v) is 38.1. The molecule has 0 aliphatic heterocycles. The Morgan fingerprint density at radius 2 is 1.23 bits per heavy atom. The van der Waals surface area contributed by atoms with E-state index in [1.54, 1.807) is 4.90 Å². The number of hydrogen-bond donors (Lipinski definition) is 3. The lowest BCUT2D eigenvalue weighted by Crippen LogP contribution is -2.35. The summed E-state index contributed by atoms with van der Waals surface area (Å²) in [7, 11) is 0. The molecule has 4 amide bonds. The van der Waals surface area contributed by atoms with Gasteiger partial charge in [0, 0.05) is 32.4 Å². The second-order valence-corrected chi connectivity index (χ2v) is 15.6. The van der Waals surface area contributed by atoms with Gasteiger partial charge in [-0.1, -0.05) is 130 Å². The molecule has 14 nitrogen and oxygen atoms in total. The van der Waals surface area contributed by atoms with Gasteiger partial charge in [-0.15, -0.1) is 12.8 Å². The number of nitrogens with one attached hydrogen (secondary N) is 2. The van der Waals surface area contributed by atoms with Crippen molar-refractivity contribution in [2.75, 3.05) is 39.0 Å². The Labute approximate surface area is 384 Å². The fourth-order valence-corrected chi connectivity index (χ4v) is 7.59. The lowest BCUT2D eigenvalue weighted by Gasteiger charge is -2.27. The van der Waals surface area contributed by atoms with Crippen LogP contribution in [-0.4, -0.2) is 90.4 Å². The third-order valence-corrected chi connectivity index (χ3v) is 10.8. The first-order valence-corrected chi connectivity index (χ1v) is 22.9. The molecule has 2 aliphatic carbocycles. The lowest BCUT2D eigenvalue weighted by molar-refractivity contribution is -0.152. The number of benzene rings is 2. The van der Waals surface area contributed by atoms with E-state index >= 15 is 0 Å². The zero-order chi connectivity index (χ0) is 46.8. The number of nitrogens with zero attached hydrogens (tertiary/aromatic N) is 2. The molecule has 350 valence electrons. The van der Waals surface area contributed by atoms with Gasteiger partial charge in [-0.3, -0.25) is 29.0 Å². The third-order valence-electron chi connectivity index (χ3n) is 10.7. The Kier molecular flexibility index (Phi) is 28.7. The van der Waals surface area contributed by atoms with Gasteiger partial charge in [0.15, 0.2) is 6.07 Å². The highest BCUT2D eigenvalue weighted by Gasteiger charge is 2.32. The van der Waals surface area contributed by atoms with Crippen LogP contribution in [0.2, 0.25) is 0 Å². The van der Waals surface area contributed by atoms with Crippen molar-refractivity contribution in [1.82, 2.24) is 20.4 Å². The van der Waals surface area contributed by atoms with Crippen LogP contribution in [0.5, 0.6) is 0 Å². The largest absolute Gasteiger partial charge is 0.481 e. The number of halogens is 1. The summed E-state index contributed by atoms with van der Waals surface area (Å²) in [6.07, 6.45) is 26.5. The number of rotatable bonds is 26. The number of carboxylic acid groups (broad SMARTS) is 1. The molecule has 0 unspecified atom stereocenters. The molecule has 4 rings (SSSR count). The molecule has 0 fully saturated rings. The fraction of sp³-hybridized carbons (Fsp3) is 0.551. The average molecular weight is 908 g/mol. The van der Waals surface area contributed by atoms with Crippen LogP contribution in [0.25, 0.3) is 0 Å². The van der Waals surface area contributed by atoms with E-state index in [1.807, 2.05) is 36.4 Å². The number of hydrogen-bond acceptors (Lipinski definition) is 9. The molecule has 2 aromatic rings. The van der Waals surface area contributed by atoms with Crippen LogP contribution in [0, 0.1) is 24.7 Å². The van der Waals surface area contributed by atoms with E-state index in [0.29, 0.717) is 38.8 Å². The minimum atomic E-state index is -0.831. The van der Waals surface area contributed by atoms with Gasteiger partial charge in [0.25, 0.3) is 0 Å². The second-order valence-electron chi connectivity index (χ2n) is 15.3. The average Bonchev–Trinajstić information content (AvgIpc) is 3.92. The highest BCUT2D eigenvalue weighted by Crippen LogP contribution is 2.37. The minimum absolute atomic E-state index is 0.00651. The van der Waals surface area contributed by atoms with Gasteiger partial charge in [-0.05, 0) is 67.2 Å². The number of fused-ring (bicyclic) bond motifs is 2. The predicted molar refractivity (Wildman–Crippen MR) is 246 cm³/mol. The van der Waals surface area contributed by atoms with Crippen LogP contribution >= 0.6 is 11.6 Å². The number of amides is 4. The first-order valence-electron chi connectivity index (χ1n) is 22.4. The fourth-order valence-electron chi connectivity index (χ4n) is 7.49. The van der Waals surface area contributed by atoms with Crippen molar-refractivity contribution in [3.05, 3.63) is 70.8 Å². The first kappa shape index (κ1) is 54.4. The number of carboxylic acids is 1. The van der Waals surface area contributed by atoms with Crippen LogP contribution < -0.4 is 10.6 Å². The number of terminal acetylenes is 2. The maximum Gasteiger partial charge on any atom is 0.413 e.